The first-order valence-electron chi connectivity index (χ1n) is 5.93. The molecule has 0 unspecified atom stereocenters. The molecule has 0 amide bonds. The number of rotatable bonds is 1. The molecule has 4 fully saturated rings. The summed E-state index contributed by atoms with van der Waals surface area (Å²) in [6.07, 6.45) is 8.97. The van der Waals surface area contributed by atoms with Gasteiger partial charge in [0, 0.05) is 6.04 Å². The SMILES string of the molecule is C[C@H](N)C12CC3CC(CC(C3)C1)C2.Cl. The monoisotopic (exact) mass is 215 g/mol. The van der Waals surface area contributed by atoms with E-state index in [1.54, 1.807) is 0 Å². The predicted octanol–water partition coefficient (Wildman–Crippen LogP) is 2.97. The molecule has 1 atom stereocenters. The summed E-state index contributed by atoms with van der Waals surface area (Å²) in [7, 11) is 0. The molecule has 4 aliphatic rings. The quantitative estimate of drug-likeness (QED) is 0.715. The van der Waals surface area contributed by atoms with Crippen LogP contribution >= 0.6 is 12.4 Å². The number of hydrogen-bond acceptors (Lipinski definition) is 1. The van der Waals surface area contributed by atoms with E-state index >= 15 is 0 Å². The average Bonchev–Trinajstić information content (AvgIpc) is 2.00. The van der Waals surface area contributed by atoms with Gasteiger partial charge in [-0.3, -0.25) is 0 Å². The van der Waals surface area contributed by atoms with Crippen LogP contribution in [0.15, 0.2) is 0 Å². The molecule has 2 N–H and O–H groups in total. The lowest BCUT2D eigenvalue weighted by atomic mass is 9.48. The number of halogens is 1. The highest BCUT2D eigenvalue weighted by Gasteiger charge is 2.52. The highest BCUT2D eigenvalue weighted by molar-refractivity contribution is 5.85. The van der Waals surface area contributed by atoms with Crippen molar-refractivity contribution in [1.29, 1.82) is 0 Å². The smallest absolute Gasteiger partial charge is 0.00673 e. The highest BCUT2D eigenvalue weighted by Crippen LogP contribution is 2.60. The van der Waals surface area contributed by atoms with Crippen LogP contribution in [-0.2, 0) is 0 Å². The van der Waals surface area contributed by atoms with Crippen molar-refractivity contribution >= 4 is 12.4 Å². The van der Waals surface area contributed by atoms with Gasteiger partial charge in [0.25, 0.3) is 0 Å². The van der Waals surface area contributed by atoms with Crippen molar-refractivity contribution in [2.75, 3.05) is 0 Å². The number of nitrogens with two attached hydrogens (primary N) is 1. The summed E-state index contributed by atoms with van der Waals surface area (Å²) in [6.45, 7) is 2.24. The van der Waals surface area contributed by atoms with Crippen molar-refractivity contribution in [1.82, 2.24) is 0 Å². The molecule has 82 valence electrons. The molecule has 0 aromatic carbocycles. The highest BCUT2D eigenvalue weighted by atomic mass is 35.5. The Morgan fingerprint density at radius 3 is 1.64 bits per heavy atom. The number of hydrogen-bond donors (Lipinski definition) is 1. The van der Waals surface area contributed by atoms with E-state index in [0.717, 1.165) is 17.8 Å². The van der Waals surface area contributed by atoms with Crippen molar-refractivity contribution in [3.63, 3.8) is 0 Å². The minimum absolute atomic E-state index is 0. The summed E-state index contributed by atoms with van der Waals surface area (Å²) >= 11 is 0. The van der Waals surface area contributed by atoms with Crippen LogP contribution in [0.1, 0.15) is 45.4 Å². The molecular formula is C12H22ClN. The molecule has 4 aliphatic carbocycles. The van der Waals surface area contributed by atoms with Crippen LogP contribution < -0.4 is 5.73 Å². The molecule has 1 nitrogen and oxygen atoms in total. The minimum Gasteiger partial charge on any atom is -0.327 e. The van der Waals surface area contributed by atoms with Gasteiger partial charge in [-0.15, -0.1) is 12.4 Å². The summed E-state index contributed by atoms with van der Waals surface area (Å²) in [5.74, 6) is 3.16. The van der Waals surface area contributed by atoms with Gasteiger partial charge in [0.15, 0.2) is 0 Å². The molecule has 0 radical (unpaired) electrons. The molecule has 0 aliphatic heterocycles. The van der Waals surface area contributed by atoms with Crippen LogP contribution in [0, 0.1) is 23.2 Å². The van der Waals surface area contributed by atoms with E-state index in [0.29, 0.717) is 11.5 Å². The molecule has 0 spiro atoms. The lowest BCUT2D eigenvalue weighted by molar-refractivity contribution is -0.0637. The van der Waals surface area contributed by atoms with Gasteiger partial charge in [-0.1, -0.05) is 0 Å². The first-order valence-corrected chi connectivity index (χ1v) is 5.93. The van der Waals surface area contributed by atoms with E-state index in [4.69, 9.17) is 5.73 Å². The van der Waals surface area contributed by atoms with Crippen LogP contribution in [0.4, 0.5) is 0 Å². The van der Waals surface area contributed by atoms with Crippen LogP contribution in [0.3, 0.4) is 0 Å². The molecular weight excluding hydrogens is 194 g/mol. The van der Waals surface area contributed by atoms with Gasteiger partial charge in [-0.05, 0) is 68.6 Å². The van der Waals surface area contributed by atoms with Crippen molar-refractivity contribution in [2.24, 2.45) is 28.9 Å². The Kier molecular flexibility index (Phi) is 2.60. The second-order valence-corrected chi connectivity index (χ2v) is 6.07. The Labute approximate surface area is 93.2 Å². The maximum atomic E-state index is 6.19. The largest absolute Gasteiger partial charge is 0.327 e. The van der Waals surface area contributed by atoms with E-state index in [-0.39, 0.29) is 12.4 Å². The minimum atomic E-state index is 0. The third-order valence-electron chi connectivity index (χ3n) is 5.05. The third kappa shape index (κ3) is 1.40. The Morgan fingerprint density at radius 2 is 1.36 bits per heavy atom. The van der Waals surface area contributed by atoms with E-state index in [1.807, 2.05) is 0 Å². The second kappa shape index (κ2) is 3.38. The van der Waals surface area contributed by atoms with Crippen LogP contribution in [0.5, 0.6) is 0 Å². The van der Waals surface area contributed by atoms with Crippen LogP contribution in [-0.4, -0.2) is 6.04 Å². The second-order valence-electron chi connectivity index (χ2n) is 6.07. The van der Waals surface area contributed by atoms with E-state index in [1.165, 1.54) is 38.5 Å². The zero-order valence-corrected chi connectivity index (χ0v) is 9.85. The van der Waals surface area contributed by atoms with Gasteiger partial charge in [0.05, 0.1) is 0 Å². The van der Waals surface area contributed by atoms with Crippen LogP contribution in [0.2, 0.25) is 0 Å². The van der Waals surface area contributed by atoms with Crippen molar-refractivity contribution < 1.29 is 0 Å². The Hall–Kier alpha value is 0.250. The van der Waals surface area contributed by atoms with Crippen molar-refractivity contribution in [3.05, 3.63) is 0 Å². The lowest BCUT2D eigenvalue weighted by Crippen LogP contribution is -2.53. The molecule has 0 aromatic rings. The third-order valence-corrected chi connectivity index (χ3v) is 5.05. The molecule has 0 heterocycles. The Bertz CT molecular complexity index is 189. The molecule has 14 heavy (non-hydrogen) atoms. The normalized spacial score (nSPS) is 51.4. The molecule has 4 bridgehead atoms. The first-order chi connectivity index (χ1) is 6.18. The summed E-state index contributed by atoms with van der Waals surface area (Å²) in [4.78, 5) is 0. The molecule has 2 heteroatoms. The fraction of sp³-hybridized carbons (Fsp3) is 1.00. The van der Waals surface area contributed by atoms with Crippen LogP contribution in [0.25, 0.3) is 0 Å². The van der Waals surface area contributed by atoms with Gasteiger partial charge in [0.1, 0.15) is 0 Å². The zero-order valence-electron chi connectivity index (χ0n) is 9.04. The average molecular weight is 216 g/mol. The maximum Gasteiger partial charge on any atom is 0.00673 e. The first kappa shape index (κ1) is 10.8. The standard InChI is InChI=1S/C12H21N.ClH/c1-8(13)12-5-9-2-10(6-12)4-11(3-9)7-12;/h8-11H,2-7,13H2,1H3;1H/t8-,9?,10?,11?,12?;/m0./s1. The fourth-order valence-corrected chi connectivity index (χ4v) is 4.74. The van der Waals surface area contributed by atoms with E-state index in [9.17, 15) is 0 Å². The molecule has 4 saturated carbocycles. The topological polar surface area (TPSA) is 26.0 Å². The molecule has 0 aromatic heterocycles. The van der Waals surface area contributed by atoms with Gasteiger partial charge >= 0.3 is 0 Å². The molecule has 0 saturated heterocycles. The predicted molar refractivity (Wildman–Crippen MR) is 61.5 cm³/mol. The molecule has 4 rings (SSSR count). The van der Waals surface area contributed by atoms with Gasteiger partial charge < -0.3 is 5.73 Å². The lowest BCUT2D eigenvalue weighted by Gasteiger charge is -2.58. The summed E-state index contributed by atoms with van der Waals surface area (Å²) in [5, 5.41) is 0. The zero-order chi connectivity index (χ0) is 9.05. The van der Waals surface area contributed by atoms with Gasteiger partial charge in [-0.25, -0.2) is 0 Å². The van der Waals surface area contributed by atoms with Crippen molar-refractivity contribution in [3.8, 4) is 0 Å². The van der Waals surface area contributed by atoms with E-state index < -0.39 is 0 Å². The Balaban J connectivity index is 0.000000750. The van der Waals surface area contributed by atoms with Gasteiger partial charge in [-0.2, -0.15) is 0 Å². The van der Waals surface area contributed by atoms with Gasteiger partial charge in [0.2, 0.25) is 0 Å². The summed E-state index contributed by atoms with van der Waals surface area (Å²) in [5.41, 5.74) is 6.77. The maximum absolute atomic E-state index is 6.19. The summed E-state index contributed by atoms with van der Waals surface area (Å²) < 4.78 is 0. The fourth-order valence-electron chi connectivity index (χ4n) is 4.74. The van der Waals surface area contributed by atoms with E-state index in [2.05, 4.69) is 6.92 Å². The summed E-state index contributed by atoms with van der Waals surface area (Å²) in [6, 6.07) is 0.445. The Morgan fingerprint density at radius 1 is 1.00 bits per heavy atom. The van der Waals surface area contributed by atoms with Crippen molar-refractivity contribution in [2.45, 2.75) is 51.5 Å².